The van der Waals surface area contributed by atoms with Crippen LogP contribution in [0.3, 0.4) is 0 Å². The maximum Gasteiger partial charge on any atom is 0.258 e. The summed E-state index contributed by atoms with van der Waals surface area (Å²) in [5.74, 6) is -0.298. The Balaban J connectivity index is 1.55. The summed E-state index contributed by atoms with van der Waals surface area (Å²) in [6, 6.07) is 5.71. The molecule has 0 bridgehead atoms. The van der Waals surface area contributed by atoms with E-state index in [1.165, 1.54) is 18.3 Å². The van der Waals surface area contributed by atoms with Crippen LogP contribution < -0.4 is 10.6 Å². The van der Waals surface area contributed by atoms with Gasteiger partial charge in [-0.2, -0.15) is 5.10 Å². The van der Waals surface area contributed by atoms with Gasteiger partial charge in [-0.3, -0.25) is 19.6 Å². The van der Waals surface area contributed by atoms with E-state index in [0.717, 1.165) is 32.2 Å². The molecule has 4 rings (SSSR count). The Hall–Kier alpha value is -3.11. The molecule has 30 heavy (non-hydrogen) atoms. The molecule has 2 N–H and O–H groups in total. The third-order valence-electron chi connectivity index (χ3n) is 4.49. The van der Waals surface area contributed by atoms with Crippen molar-refractivity contribution in [2.45, 2.75) is 27.3 Å². The van der Waals surface area contributed by atoms with Gasteiger partial charge < -0.3 is 5.32 Å². The molecule has 2 amide bonds. The van der Waals surface area contributed by atoms with Gasteiger partial charge >= 0.3 is 0 Å². The third-order valence-corrected chi connectivity index (χ3v) is 6.36. The van der Waals surface area contributed by atoms with Gasteiger partial charge in [-0.05, 0) is 32.0 Å². The normalized spacial score (nSPS) is 11.1. The lowest BCUT2D eigenvalue weighted by molar-refractivity contribution is -0.119. The Bertz CT molecular complexity index is 1270. The van der Waals surface area contributed by atoms with Crippen molar-refractivity contribution in [3.63, 3.8) is 0 Å². The van der Waals surface area contributed by atoms with Gasteiger partial charge in [-0.25, -0.2) is 9.97 Å². The number of nitrogens with zero attached hydrogens (tertiary/aromatic N) is 4. The molecule has 0 saturated heterocycles. The summed E-state index contributed by atoms with van der Waals surface area (Å²) in [5, 5.41) is 13.3. The van der Waals surface area contributed by atoms with Crippen LogP contribution in [0.4, 0.5) is 5.13 Å². The maximum atomic E-state index is 13.0. The number of hydrogen-bond acceptors (Lipinski definition) is 7. The first kappa shape index (κ1) is 20.2. The van der Waals surface area contributed by atoms with Gasteiger partial charge in [0.2, 0.25) is 5.91 Å². The van der Waals surface area contributed by atoms with Gasteiger partial charge in [0, 0.05) is 29.9 Å². The van der Waals surface area contributed by atoms with Crippen LogP contribution in [0, 0.1) is 13.8 Å². The van der Waals surface area contributed by atoms with Crippen molar-refractivity contribution in [1.29, 1.82) is 0 Å². The lowest BCUT2D eigenvalue weighted by Crippen LogP contribution is -2.17. The molecule has 4 aromatic rings. The second-order valence-corrected chi connectivity index (χ2v) is 8.91. The molecular weight excluding hydrogens is 420 g/mol. The molecule has 0 aliphatic heterocycles. The molecule has 0 fully saturated rings. The number of rotatable bonds is 5. The van der Waals surface area contributed by atoms with Gasteiger partial charge in [0.1, 0.15) is 0 Å². The van der Waals surface area contributed by atoms with E-state index in [1.807, 2.05) is 38.4 Å². The first-order chi connectivity index (χ1) is 14.3. The molecule has 0 spiro atoms. The average molecular weight is 441 g/mol. The highest BCUT2D eigenvalue weighted by Crippen LogP contribution is 2.31. The fraction of sp³-hybridized carbons (Fsp3) is 0.250. The summed E-state index contributed by atoms with van der Waals surface area (Å²) >= 11 is 2.93. The first-order valence-electron chi connectivity index (χ1n) is 9.23. The smallest absolute Gasteiger partial charge is 0.258 e. The van der Waals surface area contributed by atoms with E-state index in [2.05, 4.69) is 25.7 Å². The molecule has 0 saturated carbocycles. The number of anilines is 1. The summed E-state index contributed by atoms with van der Waals surface area (Å²) < 4.78 is 1.69. The van der Waals surface area contributed by atoms with Crippen molar-refractivity contribution < 1.29 is 9.59 Å². The number of nitrogens with one attached hydrogen (secondary N) is 2. The lowest BCUT2D eigenvalue weighted by Gasteiger charge is -2.05. The minimum Gasteiger partial charge on any atom is -0.351 e. The minimum absolute atomic E-state index is 0.0621. The Labute approximate surface area is 181 Å². The highest BCUT2D eigenvalue weighted by Gasteiger charge is 2.19. The summed E-state index contributed by atoms with van der Waals surface area (Å²) in [6.45, 7) is 5.72. The van der Waals surface area contributed by atoms with Crippen molar-refractivity contribution in [3.05, 3.63) is 45.4 Å². The Kier molecular flexibility index (Phi) is 5.35. The SMILES string of the molecule is CC(=O)NCc1ccc(-c2csc(NC(=O)c3cc(C)nc4c3c(C)nn4C)n2)s1. The van der Waals surface area contributed by atoms with Crippen LogP contribution in [-0.2, 0) is 18.4 Å². The molecule has 4 aromatic heterocycles. The number of carbonyl (C=O) groups excluding carboxylic acids is 2. The molecule has 0 aliphatic carbocycles. The summed E-state index contributed by atoms with van der Waals surface area (Å²) in [7, 11) is 1.82. The van der Waals surface area contributed by atoms with E-state index in [4.69, 9.17) is 0 Å². The van der Waals surface area contributed by atoms with Crippen molar-refractivity contribution in [2.75, 3.05) is 5.32 Å². The monoisotopic (exact) mass is 440 g/mol. The second kappa shape index (κ2) is 7.96. The predicted octanol–water partition coefficient (Wildman–Crippen LogP) is 3.66. The van der Waals surface area contributed by atoms with Gasteiger partial charge in [-0.15, -0.1) is 22.7 Å². The van der Waals surface area contributed by atoms with Gasteiger partial charge in [0.15, 0.2) is 10.8 Å². The van der Waals surface area contributed by atoms with E-state index in [9.17, 15) is 9.59 Å². The zero-order chi connectivity index (χ0) is 21.4. The zero-order valence-electron chi connectivity index (χ0n) is 16.9. The largest absolute Gasteiger partial charge is 0.351 e. The zero-order valence-corrected chi connectivity index (χ0v) is 18.6. The standard InChI is InChI=1S/C20H20N6O2S2/c1-10-7-14(17-11(2)25-26(4)18(17)22-10)19(28)24-20-23-15(9-29-20)16-6-5-13(30-16)8-21-12(3)27/h5-7,9H,8H2,1-4H3,(H,21,27)(H,23,24,28). The lowest BCUT2D eigenvalue weighted by atomic mass is 10.1. The number of fused-ring (bicyclic) bond motifs is 1. The summed E-state index contributed by atoms with van der Waals surface area (Å²) in [6.07, 6.45) is 0. The van der Waals surface area contributed by atoms with Crippen molar-refractivity contribution in [1.82, 2.24) is 25.1 Å². The van der Waals surface area contributed by atoms with Crippen LogP contribution in [0.1, 0.15) is 33.5 Å². The van der Waals surface area contributed by atoms with Crippen LogP contribution in [-0.4, -0.2) is 31.6 Å². The number of aromatic nitrogens is 4. The van der Waals surface area contributed by atoms with Crippen LogP contribution >= 0.6 is 22.7 Å². The number of hydrogen-bond donors (Lipinski definition) is 2. The number of amides is 2. The number of carbonyl (C=O) groups is 2. The van der Waals surface area contributed by atoms with Gasteiger partial charge in [0.25, 0.3) is 5.91 Å². The fourth-order valence-corrected chi connectivity index (χ4v) is 4.87. The molecule has 0 aliphatic rings. The highest BCUT2D eigenvalue weighted by atomic mass is 32.1. The van der Waals surface area contributed by atoms with E-state index < -0.39 is 0 Å². The van der Waals surface area contributed by atoms with E-state index in [1.54, 1.807) is 22.1 Å². The highest BCUT2D eigenvalue weighted by molar-refractivity contribution is 7.17. The minimum atomic E-state index is -0.236. The van der Waals surface area contributed by atoms with E-state index in [-0.39, 0.29) is 11.8 Å². The molecule has 0 atom stereocenters. The predicted molar refractivity (Wildman–Crippen MR) is 119 cm³/mol. The molecule has 0 unspecified atom stereocenters. The third kappa shape index (κ3) is 3.96. The summed E-state index contributed by atoms with van der Waals surface area (Å²) in [5.41, 5.74) is 3.52. The van der Waals surface area contributed by atoms with Crippen molar-refractivity contribution >= 4 is 50.7 Å². The Morgan fingerprint density at radius 2 is 2.00 bits per heavy atom. The van der Waals surface area contributed by atoms with Crippen molar-refractivity contribution in [2.24, 2.45) is 7.05 Å². The second-order valence-electron chi connectivity index (χ2n) is 6.89. The average Bonchev–Trinajstić information content (AvgIpc) is 3.39. The van der Waals surface area contributed by atoms with Crippen LogP contribution in [0.2, 0.25) is 0 Å². The summed E-state index contributed by atoms with van der Waals surface area (Å²) in [4.78, 5) is 35.2. The number of aryl methyl sites for hydroxylation is 3. The van der Waals surface area contributed by atoms with E-state index in [0.29, 0.717) is 22.9 Å². The molecule has 4 heterocycles. The number of thiophene rings is 1. The molecule has 8 nitrogen and oxygen atoms in total. The quantitative estimate of drug-likeness (QED) is 0.493. The maximum absolute atomic E-state index is 13.0. The number of thiazole rings is 1. The van der Waals surface area contributed by atoms with Crippen LogP contribution in [0.5, 0.6) is 0 Å². The van der Waals surface area contributed by atoms with Crippen LogP contribution in [0.15, 0.2) is 23.6 Å². The first-order valence-corrected chi connectivity index (χ1v) is 10.9. The Morgan fingerprint density at radius 1 is 1.20 bits per heavy atom. The molecule has 0 aromatic carbocycles. The van der Waals surface area contributed by atoms with Crippen molar-refractivity contribution in [3.8, 4) is 10.6 Å². The molecule has 10 heteroatoms. The molecular formula is C20H20N6O2S2. The topological polar surface area (TPSA) is 102 Å². The number of pyridine rings is 1. The molecule has 154 valence electrons. The fourth-order valence-electron chi connectivity index (χ4n) is 3.18. The van der Waals surface area contributed by atoms with E-state index >= 15 is 0 Å². The van der Waals surface area contributed by atoms with Gasteiger partial charge in [0.05, 0.1) is 33.8 Å². The molecule has 0 radical (unpaired) electrons. The van der Waals surface area contributed by atoms with Gasteiger partial charge in [-0.1, -0.05) is 0 Å². The van der Waals surface area contributed by atoms with Crippen LogP contribution in [0.25, 0.3) is 21.6 Å². The Morgan fingerprint density at radius 3 is 2.77 bits per heavy atom.